The number of benzene rings is 2. The van der Waals surface area contributed by atoms with Crippen LogP contribution in [0.4, 0.5) is 5.69 Å². The number of nitrogens with zero attached hydrogens (tertiary/aromatic N) is 1. The third kappa shape index (κ3) is 4.72. The number of carbonyl (C=O) groups excluding carboxylic acids is 1. The van der Waals surface area contributed by atoms with Crippen LogP contribution in [0, 0.1) is 0 Å². The highest BCUT2D eigenvalue weighted by Gasteiger charge is 2.08. The van der Waals surface area contributed by atoms with Crippen LogP contribution in [-0.4, -0.2) is 10.9 Å². The Balaban J connectivity index is 1.64. The van der Waals surface area contributed by atoms with Crippen LogP contribution < -0.4 is 10.1 Å². The Morgan fingerprint density at radius 3 is 2.56 bits per heavy atom. The van der Waals surface area contributed by atoms with Gasteiger partial charge in [0.05, 0.1) is 10.6 Å². The summed E-state index contributed by atoms with van der Waals surface area (Å²) in [6.07, 6.45) is 3.11. The molecule has 0 saturated heterocycles. The molecule has 1 heterocycles. The van der Waals surface area contributed by atoms with E-state index in [9.17, 15) is 4.79 Å². The van der Waals surface area contributed by atoms with Gasteiger partial charge in [-0.2, -0.15) is 0 Å². The Morgan fingerprint density at radius 2 is 1.88 bits per heavy atom. The zero-order valence-corrected chi connectivity index (χ0v) is 14.6. The highest BCUT2D eigenvalue weighted by Crippen LogP contribution is 2.28. The van der Waals surface area contributed by atoms with E-state index < -0.39 is 0 Å². The molecular formula is C19H14Cl2N2O2. The van der Waals surface area contributed by atoms with Crippen LogP contribution in [0.5, 0.6) is 5.75 Å². The van der Waals surface area contributed by atoms with Crippen LogP contribution >= 0.6 is 23.2 Å². The Labute approximate surface area is 155 Å². The van der Waals surface area contributed by atoms with E-state index in [1.807, 2.05) is 12.1 Å². The molecule has 0 aliphatic carbocycles. The van der Waals surface area contributed by atoms with E-state index in [0.29, 0.717) is 33.7 Å². The first kappa shape index (κ1) is 17.3. The van der Waals surface area contributed by atoms with Gasteiger partial charge < -0.3 is 10.1 Å². The molecule has 0 aliphatic heterocycles. The minimum Gasteiger partial charge on any atom is -0.487 e. The molecule has 4 nitrogen and oxygen atoms in total. The molecule has 0 saturated carbocycles. The van der Waals surface area contributed by atoms with Crippen molar-refractivity contribution in [2.75, 3.05) is 5.32 Å². The summed E-state index contributed by atoms with van der Waals surface area (Å²) in [5, 5.41) is 3.86. The summed E-state index contributed by atoms with van der Waals surface area (Å²) in [4.78, 5) is 16.0. The van der Waals surface area contributed by atoms with Crippen LogP contribution in [0.3, 0.4) is 0 Å². The maximum atomic E-state index is 12.1. The van der Waals surface area contributed by atoms with Crippen molar-refractivity contribution >= 4 is 34.8 Å². The third-order valence-electron chi connectivity index (χ3n) is 3.42. The van der Waals surface area contributed by atoms with Gasteiger partial charge in [-0.25, -0.2) is 0 Å². The molecular weight excluding hydrogens is 359 g/mol. The van der Waals surface area contributed by atoms with Gasteiger partial charge in [0.15, 0.2) is 0 Å². The van der Waals surface area contributed by atoms with Gasteiger partial charge in [0.1, 0.15) is 12.4 Å². The van der Waals surface area contributed by atoms with Crippen molar-refractivity contribution in [3.8, 4) is 5.75 Å². The molecule has 0 fully saturated rings. The summed E-state index contributed by atoms with van der Waals surface area (Å²) in [7, 11) is 0. The number of ether oxygens (including phenoxy) is 1. The third-order valence-corrected chi connectivity index (χ3v) is 3.97. The number of pyridine rings is 1. The molecule has 0 spiro atoms. The zero-order chi connectivity index (χ0) is 17.6. The van der Waals surface area contributed by atoms with Crippen molar-refractivity contribution in [2.45, 2.75) is 6.61 Å². The number of carbonyl (C=O) groups is 1. The smallest absolute Gasteiger partial charge is 0.257 e. The SMILES string of the molecule is O=C(Nc1ccc(OCc2ccc(Cl)cc2)c(Cl)c1)c1cccnc1. The largest absolute Gasteiger partial charge is 0.487 e. The van der Waals surface area contributed by atoms with Gasteiger partial charge in [-0.3, -0.25) is 9.78 Å². The monoisotopic (exact) mass is 372 g/mol. The number of rotatable bonds is 5. The van der Waals surface area contributed by atoms with Gasteiger partial charge in [0, 0.05) is 23.1 Å². The number of hydrogen-bond acceptors (Lipinski definition) is 3. The molecule has 1 N–H and O–H groups in total. The van der Waals surface area contributed by atoms with E-state index >= 15 is 0 Å². The van der Waals surface area contributed by atoms with E-state index in [4.69, 9.17) is 27.9 Å². The normalized spacial score (nSPS) is 10.3. The van der Waals surface area contributed by atoms with Gasteiger partial charge in [-0.1, -0.05) is 35.3 Å². The molecule has 2 aromatic carbocycles. The average molecular weight is 373 g/mol. The summed E-state index contributed by atoms with van der Waals surface area (Å²) in [5.74, 6) is 0.287. The van der Waals surface area contributed by atoms with Gasteiger partial charge in [-0.15, -0.1) is 0 Å². The van der Waals surface area contributed by atoms with Crippen LogP contribution in [0.1, 0.15) is 15.9 Å². The first-order valence-electron chi connectivity index (χ1n) is 7.50. The first-order chi connectivity index (χ1) is 12.1. The van der Waals surface area contributed by atoms with E-state index in [2.05, 4.69) is 10.3 Å². The van der Waals surface area contributed by atoms with E-state index in [0.717, 1.165) is 5.56 Å². The standard InChI is InChI=1S/C19H14Cl2N2O2/c20-15-5-3-13(4-6-15)12-25-18-8-7-16(10-17(18)21)23-19(24)14-2-1-9-22-11-14/h1-11H,12H2,(H,23,24). The molecule has 1 aromatic heterocycles. The van der Waals surface area contributed by atoms with Crippen LogP contribution in [-0.2, 0) is 6.61 Å². The molecule has 25 heavy (non-hydrogen) atoms. The highest BCUT2D eigenvalue weighted by molar-refractivity contribution is 6.32. The molecule has 0 aliphatic rings. The summed E-state index contributed by atoms with van der Waals surface area (Å²) in [6, 6.07) is 15.9. The van der Waals surface area contributed by atoms with Gasteiger partial charge >= 0.3 is 0 Å². The summed E-state index contributed by atoms with van der Waals surface area (Å²) in [6.45, 7) is 0.373. The molecule has 0 bridgehead atoms. The number of amides is 1. The highest BCUT2D eigenvalue weighted by atomic mass is 35.5. The predicted molar refractivity (Wildman–Crippen MR) is 99.4 cm³/mol. The van der Waals surface area contributed by atoms with E-state index in [1.165, 1.54) is 6.20 Å². The van der Waals surface area contributed by atoms with Gasteiger partial charge in [0.25, 0.3) is 5.91 Å². The number of aromatic nitrogens is 1. The Morgan fingerprint density at radius 1 is 1.08 bits per heavy atom. The molecule has 3 aromatic rings. The first-order valence-corrected chi connectivity index (χ1v) is 8.25. The molecule has 0 radical (unpaired) electrons. The number of hydrogen-bond donors (Lipinski definition) is 1. The fourth-order valence-corrected chi connectivity index (χ4v) is 2.50. The average Bonchev–Trinajstić information content (AvgIpc) is 2.63. The van der Waals surface area contributed by atoms with Crippen LogP contribution in [0.15, 0.2) is 67.0 Å². The van der Waals surface area contributed by atoms with Crippen molar-refractivity contribution < 1.29 is 9.53 Å². The van der Waals surface area contributed by atoms with Crippen molar-refractivity contribution in [1.82, 2.24) is 4.98 Å². The molecule has 6 heteroatoms. The lowest BCUT2D eigenvalue weighted by Gasteiger charge is -2.10. The minimum absolute atomic E-state index is 0.251. The van der Waals surface area contributed by atoms with Crippen molar-refractivity contribution in [3.05, 3.63) is 88.2 Å². The molecule has 0 unspecified atom stereocenters. The lowest BCUT2D eigenvalue weighted by atomic mass is 10.2. The zero-order valence-electron chi connectivity index (χ0n) is 13.1. The fraction of sp³-hybridized carbons (Fsp3) is 0.0526. The molecule has 0 atom stereocenters. The Kier molecular flexibility index (Phi) is 5.53. The fourth-order valence-electron chi connectivity index (χ4n) is 2.14. The summed E-state index contributed by atoms with van der Waals surface area (Å²) in [5.41, 5.74) is 2.04. The van der Waals surface area contributed by atoms with Crippen molar-refractivity contribution in [3.63, 3.8) is 0 Å². The molecule has 126 valence electrons. The number of halogens is 2. The number of anilines is 1. The molecule has 1 amide bonds. The maximum Gasteiger partial charge on any atom is 0.257 e. The second-order valence-corrected chi connectivity index (χ2v) is 6.10. The van der Waals surface area contributed by atoms with Gasteiger partial charge in [0.2, 0.25) is 0 Å². The van der Waals surface area contributed by atoms with Crippen molar-refractivity contribution in [2.24, 2.45) is 0 Å². The molecule has 3 rings (SSSR count). The minimum atomic E-state index is -0.251. The quantitative estimate of drug-likeness (QED) is 0.667. The maximum absolute atomic E-state index is 12.1. The van der Waals surface area contributed by atoms with Gasteiger partial charge in [-0.05, 0) is 48.0 Å². The van der Waals surface area contributed by atoms with E-state index in [1.54, 1.807) is 48.7 Å². The predicted octanol–water partition coefficient (Wildman–Crippen LogP) is 5.22. The Hall–Kier alpha value is -2.56. The summed E-state index contributed by atoms with van der Waals surface area (Å²) < 4.78 is 5.71. The van der Waals surface area contributed by atoms with E-state index in [-0.39, 0.29) is 5.91 Å². The van der Waals surface area contributed by atoms with Crippen LogP contribution in [0.25, 0.3) is 0 Å². The Bertz CT molecular complexity index is 868. The van der Waals surface area contributed by atoms with Crippen LogP contribution in [0.2, 0.25) is 10.0 Å². The second-order valence-electron chi connectivity index (χ2n) is 5.26. The lowest BCUT2D eigenvalue weighted by Crippen LogP contribution is -2.12. The number of nitrogens with one attached hydrogen (secondary N) is 1. The van der Waals surface area contributed by atoms with Crippen molar-refractivity contribution in [1.29, 1.82) is 0 Å². The summed E-state index contributed by atoms with van der Waals surface area (Å²) >= 11 is 12.1. The second kappa shape index (κ2) is 8.01. The topological polar surface area (TPSA) is 51.2 Å². The lowest BCUT2D eigenvalue weighted by molar-refractivity contribution is 0.102.